The largest absolute Gasteiger partial charge is 0.507 e. The van der Waals surface area contributed by atoms with E-state index in [1.54, 1.807) is 6.07 Å². The highest BCUT2D eigenvalue weighted by Crippen LogP contribution is 2.39. The lowest BCUT2D eigenvalue weighted by Crippen LogP contribution is -2.12. The first-order chi connectivity index (χ1) is 19.7. The second kappa shape index (κ2) is 11.3. The molecule has 0 aliphatic carbocycles. The van der Waals surface area contributed by atoms with Gasteiger partial charge >= 0.3 is 0 Å². The maximum atomic E-state index is 10.5. The van der Waals surface area contributed by atoms with E-state index in [1.807, 2.05) is 85.1 Å². The molecule has 40 heavy (non-hydrogen) atoms. The molecule has 2 aromatic heterocycles. The van der Waals surface area contributed by atoms with E-state index in [9.17, 15) is 5.11 Å². The molecule has 0 radical (unpaired) electrons. The van der Waals surface area contributed by atoms with Gasteiger partial charge in [0, 0.05) is 34.6 Å². The molecule has 1 atom stereocenters. The SMILES string of the molecule is CC(c1ccccc1)c1cc(-c2cccc(-c3ccccc3O)n2)cc(N(c2ccccc2)c2ccccn2)c1. The second-order valence-corrected chi connectivity index (χ2v) is 9.73. The summed E-state index contributed by atoms with van der Waals surface area (Å²) in [6, 6.07) is 46.7. The highest BCUT2D eigenvalue weighted by molar-refractivity contribution is 5.79. The minimum atomic E-state index is 0.155. The molecule has 2 heterocycles. The number of benzene rings is 4. The molecule has 4 aromatic carbocycles. The molecule has 6 rings (SSSR count). The van der Waals surface area contributed by atoms with E-state index >= 15 is 0 Å². The van der Waals surface area contributed by atoms with Gasteiger partial charge in [0.15, 0.2) is 0 Å². The van der Waals surface area contributed by atoms with Crippen molar-refractivity contribution in [1.29, 1.82) is 0 Å². The van der Waals surface area contributed by atoms with Crippen LogP contribution < -0.4 is 4.90 Å². The molecule has 0 saturated heterocycles. The van der Waals surface area contributed by atoms with E-state index in [0.717, 1.165) is 34.1 Å². The van der Waals surface area contributed by atoms with Crippen molar-refractivity contribution in [2.75, 3.05) is 4.90 Å². The van der Waals surface area contributed by atoms with Gasteiger partial charge in [0.2, 0.25) is 0 Å². The van der Waals surface area contributed by atoms with Gasteiger partial charge in [-0.2, -0.15) is 0 Å². The second-order valence-electron chi connectivity index (χ2n) is 9.73. The van der Waals surface area contributed by atoms with E-state index in [0.29, 0.717) is 5.56 Å². The Hall–Kier alpha value is -5.22. The Morgan fingerprint density at radius 1 is 0.600 bits per heavy atom. The van der Waals surface area contributed by atoms with Crippen LogP contribution in [0.5, 0.6) is 5.75 Å². The predicted octanol–water partition coefficient (Wildman–Crippen LogP) is 9.14. The zero-order chi connectivity index (χ0) is 27.3. The lowest BCUT2D eigenvalue weighted by molar-refractivity contribution is 0.477. The van der Waals surface area contributed by atoms with E-state index < -0.39 is 0 Å². The fourth-order valence-corrected chi connectivity index (χ4v) is 5.01. The van der Waals surface area contributed by atoms with Crippen LogP contribution in [-0.4, -0.2) is 15.1 Å². The number of aromatic nitrogens is 2. The standard InChI is InChI=1S/C36H29N3O/c1-26(27-13-4-2-5-14-27)28-23-29(33-18-12-19-34(38-33)32-17-8-9-20-35(32)40)25-31(24-28)39(30-15-6-3-7-16-30)36-21-10-11-22-37-36/h2-26,40H,1H3. The molecule has 0 fully saturated rings. The van der Waals surface area contributed by atoms with Crippen molar-refractivity contribution in [2.24, 2.45) is 0 Å². The molecule has 0 bridgehead atoms. The van der Waals surface area contributed by atoms with E-state index in [4.69, 9.17) is 9.97 Å². The topological polar surface area (TPSA) is 49.3 Å². The summed E-state index contributed by atoms with van der Waals surface area (Å²) in [4.78, 5) is 11.9. The molecule has 0 aliphatic rings. The third-order valence-corrected chi connectivity index (χ3v) is 7.12. The fraction of sp³-hybridized carbons (Fsp3) is 0.0556. The molecule has 194 valence electrons. The van der Waals surface area contributed by atoms with Crippen molar-refractivity contribution in [3.05, 3.63) is 157 Å². The lowest BCUT2D eigenvalue weighted by atomic mass is 9.90. The Kier molecular flexibility index (Phi) is 7.06. The first kappa shape index (κ1) is 25.1. The third-order valence-electron chi connectivity index (χ3n) is 7.12. The number of hydrogen-bond donors (Lipinski definition) is 1. The number of aromatic hydroxyl groups is 1. The van der Waals surface area contributed by atoms with Gasteiger partial charge in [-0.05, 0) is 77.9 Å². The minimum Gasteiger partial charge on any atom is -0.507 e. The smallest absolute Gasteiger partial charge is 0.137 e. The number of para-hydroxylation sites is 2. The Morgan fingerprint density at radius 2 is 1.30 bits per heavy atom. The molecular formula is C36H29N3O. The predicted molar refractivity (Wildman–Crippen MR) is 163 cm³/mol. The molecule has 1 N–H and O–H groups in total. The van der Waals surface area contributed by atoms with Crippen molar-refractivity contribution in [2.45, 2.75) is 12.8 Å². The zero-order valence-electron chi connectivity index (χ0n) is 22.2. The number of phenols is 1. The number of anilines is 3. The summed E-state index contributed by atoms with van der Waals surface area (Å²) in [5, 5.41) is 10.5. The van der Waals surface area contributed by atoms with Crippen molar-refractivity contribution in [1.82, 2.24) is 9.97 Å². The summed E-state index contributed by atoms with van der Waals surface area (Å²) < 4.78 is 0. The molecule has 0 saturated carbocycles. The van der Waals surface area contributed by atoms with Crippen LogP contribution in [0.3, 0.4) is 0 Å². The van der Waals surface area contributed by atoms with Gasteiger partial charge in [-0.15, -0.1) is 0 Å². The summed E-state index contributed by atoms with van der Waals surface area (Å²) in [7, 11) is 0. The number of rotatable bonds is 7. The molecule has 1 unspecified atom stereocenters. The first-order valence-electron chi connectivity index (χ1n) is 13.4. The van der Waals surface area contributed by atoms with Crippen LogP contribution in [0, 0.1) is 0 Å². The fourth-order valence-electron chi connectivity index (χ4n) is 5.01. The monoisotopic (exact) mass is 519 g/mol. The van der Waals surface area contributed by atoms with Crippen LogP contribution in [-0.2, 0) is 0 Å². The normalized spacial score (nSPS) is 11.6. The van der Waals surface area contributed by atoms with Crippen molar-refractivity contribution in [3.8, 4) is 28.3 Å². The molecule has 4 heteroatoms. The van der Waals surface area contributed by atoms with Crippen molar-refractivity contribution in [3.63, 3.8) is 0 Å². The molecular weight excluding hydrogens is 490 g/mol. The van der Waals surface area contributed by atoms with Gasteiger partial charge in [-0.3, -0.25) is 4.90 Å². The van der Waals surface area contributed by atoms with Gasteiger partial charge in [0.25, 0.3) is 0 Å². The first-order valence-corrected chi connectivity index (χ1v) is 13.4. The summed E-state index contributed by atoms with van der Waals surface area (Å²) in [5.41, 5.74) is 7.68. The Labute approximate surface area is 234 Å². The van der Waals surface area contributed by atoms with Gasteiger partial charge in [0.1, 0.15) is 11.6 Å². The number of nitrogens with zero attached hydrogens (tertiary/aromatic N) is 3. The maximum Gasteiger partial charge on any atom is 0.137 e. The maximum absolute atomic E-state index is 10.5. The van der Waals surface area contributed by atoms with E-state index in [-0.39, 0.29) is 11.7 Å². The number of hydrogen-bond acceptors (Lipinski definition) is 4. The van der Waals surface area contributed by atoms with E-state index in [2.05, 4.69) is 66.4 Å². The molecule has 0 aliphatic heterocycles. The quantitative estimate of drug-likeness (QED) is 0.228. The van der Waals surface area contributed by atoms with E-state index in [1.165, 1.54) is 11.1 Å². The van der Waals surface area contributed by atoms with Crippen LogP contribution in [0.25, 0.3) is 22.5 Å². The number of phenolic OH excluding ortho intramolecular Hbond substituents is 1. The van der Waals surface area contributed by atoms with Crippen LogP contribution in [0.2, 0.25) is 0 Å². The van der Waals surface area contributed by atoms with Crippen molar-refractivity contribution < 1.29 is 5.11 Å². The van der Waals surface area contributed by atoms with Crippen LogP contribution in [0.1, 0.15) is 24.0 Å². The molecule has 4 nitrogen and oxygen atoms in total. The Bertz CT molecular complexity index is 1680. The average molecular weight is 520 g/mol. The summed E-state index contributed by atoms with van der Waals surface area (Å²) in [6.45, 7) is 2.23. The van der Waals surface area contributed by atoms with Gasteiger partial charge < -0.3 is 5.11 Å². The Morgan fingerprint density at radius 3 is 2.05 bits per heavy atom. The molecule has 6 aromatic rings. The average Bonchev–Trinajstić information content (AvgIpc) is 3.02. The highest BCUT2D eigenvalue weighted by atomic mass is 16.3. The van der Waals surface area contributed by atoms with Crippen molar-refractivity contribution >= 4 is 17.2 Å². The zero-order valence-corrected chi connectivity index (χ0v) is 22.2. The highest BCUT2D eigenvalue weighted by Gasteiger charge is 2.19. The van der Waals surface area contributed by atoms with Crippen LogP contribution >= 0.6 is 0 Å². The lowest BCUT2D eigenvalue weighted by Gasteiger charge is -2.26. The van der Waals surface area contributed by atoms with Gasteiger partial charge in [0.05, 0.1) is 11.4 Å². The minimum absolute atomic E-state index is 0.155. The Balaban J connectivity index is 1.55. The van der Waals surface area contributed by atoms with Gasteiger partial charge in [-0.1, -0.05) is 79.7 Å². The molecule has 0 amide bonds. The van der Waals surface area contributed by atoms with Crippen LogP contribution in [0.4, 0.5) is 17.2 Å². The third kappa shape index (κ3) is 5.20. The number of pyridine rings is 2. The van der Waals surface area contributed by atoms with Crippen LogP contribution in [0.15, 0.2) is 146 Å². The summed E-state index contributed by atoms with van der Waals surface area (Å²) in [6.07, 6.45) is 1.82. The summed E-state index contributed by atoms with van der Waals surface area (Å²) in [5.74, 6) is 1.20. The summed E-state index contributed by atoms with van der Waals surface area (Å²) >= 11 is 0. The molecule has 0 spiro atoms. The van der Waals surface area contributed by atoms with Gasteiger partial charge in [-0.25, -0.2) is 9.97 Å².